The van der Waals surface area contributed by atoms with Gasteiger partial charge in [-0.2, -0.15) is 9.61 Å². The second-order valence-electron chi connectivity index (χ2n) is 7.20. The molecule has 1 aliphatic heterocycles. The van der Waals surface area contributed by atoms with Crippen molar-refractivity contribution in [2.24, 2.45) is 0 Å². The zero-order chi connectivity index (χ0) is 16.6. The van der Waals surface area contributed by atoms with Crippen molar-refractivity contribution in [1.29, 1.82) is 0 Å². The van der Waals surface area contributed by atoms with E-state index in [0.29, 0.717) is 19.0 Å². The lowest BCUT2D eigenvalue weighted by atomic mass is 9.92. The predicted octanol–water partition coefficient (Wildman–Crippen LogP) is 1.14. The molecule has 0 bridgehead atoms. The maximum atomic E-state index is 10.9. The third-order valence-corrected chi connectivity index (χ3v) is 4.37. The van der Waals surface area contributed by atoms with Crippen molar-refractivity contribution in [2.75, 3.05) is 38.6 Å². The number of fused-ring (bicyclic) bond motifs is 1. The number of hydrogen-bond acceptors (Lipinski definition) is 6. The Morgan fingerprint density at radius 2 is 2.17 bits per heavy atom. The second-order valence-corrected chi connectivity index (χ2v) is 7.20. The van der Waals surface area contributed by atoms with Gasteiger partial charge in [0.15, 0.2) is 0 Å². The largest absolute Gasteiger partial charge is 0.387 e. The van der Waals surface area contributed by atoms with Gasteiger partial charge in [-0.15, -0.1) is 10.2 Å². The number of β-amino-alcohol motifs (C(OH)–C–C–N with tert-alkyl or cyclic N) is 1. The molecule has 1 aliphatic rings. The molecule has 0 aliphatic carbocycles. The Morgan fingerprint density at radius 3 is 2.87 bits per heavy atom. The summed E-state index contributed by atoms with van der Waals surface area (Å²) in [7, 11) is 3.99. The SMILES string of the molecule is CC(C)c1cc(N2CCCC(O)(CN(C)C)C2)c2nncn2n1. The van der Waals surface area contributed by atoms with Crippen LogP contribution in [0.25, 0.3) is 5.65 Å². The molecule has 1 saturated heterocycles. The standard InChI is InChI=1S/C16H26N6O/c1-12(2)13-8-14(15-18-17-11-22(15)19-13)21-7-5-6-16(23,10-21)9-20(3)4/h8,11-12,23H,5-7,9-10H2,1-4H3. The van der Waals surface area contributed by atoms with Gasteiger partial charge in [0.25, 0.3) is 0 Å². The van der Waals surface area contributed by atoms with Gasteiger partial charge in [-0.1, -0.05) is 13.8 Å². The van der Waals surface area contributed by atoms with Crippen molar-refractivity contribution in [3.05, 3.63) is 18.1 Å². The summed E-state index contributed by atoms with van der Waals surface area (Å²) < 4.78 is 1.74. The van der Waals surface area contributed by atoms with Crippen LogP contribution in [0.4, 0.5) is 5.69 Å². The normalized spacial score (nSPS) is 22.5. The number of anilines is 1. The van der Waals surface area contributed by atoms with Crippen LogP contribution in [0, 0.1) is 0 Å². The van der Waals surface area contributed by atoms with Crippen LogP contribution >= 0.6 is 0 Å². The van der Waals surface area contributed by atoms with Crippen LogP contribution in [-0.4, -0.2) is 69.1 Å². The van der Waals surface area contributed by atoms with Crippen molar-refractivity contribution >= 4 is 11.3 Å². The summed E-state index contributed by atoms with van der Waals surface area (Å²) in [5.74, 6) is 0.325. The van der Waals surface area contributed by atoms with Crippen molar-refractivity contribution in [1.82, 2.24) is 24.7 Å². The van der Waals surface area contributed by atoms with Gasteiger partial charge in [-0.05, 0) is 38.9 Å². The first-order chi connectivity index (χ1) is 10.9. The highest BCUT2D eigenvalue weighted by molar-refractivity contribution is 5.68. The maximum Gasteiger partial charge on any atom is 0.200 e. The Bertz CT molecular complexity index is 682. The fourth-order valence-electron chi connectivity index (χ4n) is 3.38. The van der Waals surface area contributed by atoms with Gasteiger partial charge < -0.3 is 14.9 Å². The van der Waals surface area contributed by atoms with Crippen LogP contribution in [-0.2, 0) is 0 Å². The second kappa shape index (κ2) is 6.05. The topological polar surface area (TPSA) is 69.8 Å². The Kier molecular flexibility index (Phi) is 4.25. The minimum absolute atomic E-state index is 0.325. The predicted molar refractivity (Wildman–Crippen MR) is 89.8 cm³/mol. The van der Waals surface area contributed by atoms with Gasteiger partial charge >= 0.3 is 0 Å². The van der Waals surface area contributed by atoms with Crippen molar-refractivity contribution in [3.8, 4) is 0 Å². The molecule has 1 fully saturated rings. The zero-order valence-electron chi connectivity index (χ0n) is 14.4. The first-order valence-corrected chi connectivity index (χ1v) is 8.21. The van der Waals surface area contributed by atoms with E-state index in [4.69, 9.17) is 0 Å². The van der Waals surface area contributed by atoms with E-state index >= 15 is 0 Å². The molecule has 23 heavy (non-hydrogen) atoms. The van der Waals surface area contributed by atoms with Crippen LogP contribution < -0.4 is 4.90 Å². The molecule has 126 valence electrons. The van der Waals surface area contributed by atoms with Gasteiger partial charge in [0.2, 0.25) is 5.65 Å². The Labute approximate surface area is 136 Å². The molecule has 1 N–H and O–H groups in total. The molecule has 0 spiro atoms. The summed E-state index contributed by atoms with van der Waals surface area (Å²) in [6.07, 6.45) is 3.43. The number of piperidine rings is 1. The quantitative estimate of drug-likeness (QED) is 0.912. The smallest absolute Gasteiger partial charge is 0.200 e. The average molecular weight is 318 g/mol. The first kappa shape index (κ1) is 16.1. The fourth-order valence-corrected chi connectivity index (χ4v) is 3.38. The summed E-state index contributed by atoms with van der Waals surface area (Å²) in [4.78, 5) is 4.27. The van der Waals surface area contributed by atoms with Gasteiger partial charge in [-0.3, -0.25) is 0 Å². The summed E-state index contributed by atoms with van der Waals surface area (Å²) in [5.41, 5.74) is 2.08. The van der Waals surface area contributed by atoms with Crippen LogP contribution in [0.3, 0.4) is 0 Å². The Morgan fingerprint density at radius 1 is 1.39 bits per heavy atom. The molecule has 2 aromatic heterocycles. The average Bonchev–Trinajstić information content (AvgIpc) is 2.92. The van der Waals surface area contributed by atoms with E-state index in [1.807, 2.05) is 19.0 Å². The highest BCUT2D eigenvalue weighted by Crippen LogP contribution is 2.30. The van der Waals surface area contributed by atoms with E-state index in [9.17, 15) is 5.11 Å². The molecule has 7 nitrogen and oxygen atoms in total. The van der Waals surface area contributed by atoms with Crippen LogP contribution in [0.1, 0.15) is 38.3 Å². The van der Waals surface area contributed by atoms with E-state index in [1.54, 1.807) is 10.8 Å². The van der Waals surface area contributed by atoms with E-state index in [0.717, 1.165) is 36.4 Å². The summed E-state index contributed by atoms with van der Waals surface area (Å²) >= 11 is 0. The van der Waals surface area contributed by atoms with Crippen molar-refractivity contribution < 1.29 is 5.11 Å². The minimum atomic E-state index is -0.694. The van der Waals surface area contributed by atoms with Crippen LogP contribution in [0.15, 0.2) is 12.4 Å². The lowest BCUT2D eigenvalue weighted by Crippen LogP contribution is -2.53. The number of likely N-dealkylation sites (N-methyl/N-ethyl adjacent to an activating group) is 1. The number of nitrogens with zero attached hydrogens (tertiary/aromatic N) is 6. The number of aromatic nitrogens is 4. The molecule has 1 unspecified atom stereocenters. The number of rotatable bonds is 4. The molecular formula is C16H26N6O. The molecule has 3 rings (SSSR count). The van der Waals surface area contributed by atoms with Gasteiger partial charge in [-0.25, -0.2) is 0 Å². The van der Waals surface area contributed by atoms with Crippen LogP contribution in [0.5, 0.6) is 0 Å². The summed E-state index contributed by atoms with van der Waals surface area (Å²) in [5, 5.41) is 23.7. The molecular weight excluding hydrogens is 292 g/mol. The number of hydrogen-bond donors (Lipinski definition) is 1. The minimum Gasteiger partial charge on any atom is -0.387 e. The van der Waals surface area contributed by atoms with E-state index in [2.05, 4.69) is 40.1 Å². The highest BCUT2D eigenvalue weighted by atomic mass is 16.3. The summed E-state index contributed by atoms with van der Waals surface area (Å²) in [6, 6.07) is 2.09. The molecule has 0 aromatic carbocycles. The molecule has 3 heterocycles. The van der Waals surface area contributed by atoms with Crippen molar-refractivity contribution in [2.45, 2.75) is 38.2 Å². The van der Waals surface area contributed by atoms with Crippen LogP contribution in [0.2, 0.25) is 0 Å². The molecule has 0 amide bonds. The van der Waals surface area contributed by atoms with Crippen molar-refractivity contribution in [3.63, 3.8) is 0 Å². The molecule has 1 atom stereocenters. The Balaban J connectivity index is 1.97. The molecule has 2 aromatic rings. The van der Waals surface area contributed by atoms with E-state index in [1.165, 1.54) is 0 Å². The molecule has 0 saturated carbocycles. The van der Waals surface area contributed by atoms with Gasteiger partial charge in [0.05, 0.1) is 17.0 Å². The van der Waals surface area contributed by atoms with E-state index < -0.39 is 5.60 Å². The lowest BCUT2D eigenvalue weighted by molar-refractivity contribution is 0.00373. The monoisotopic (exact) mass is 318 g/mol. The third kappa shape index (κ3) is 3.30. The van der Waals surface area contributed by atoms with Gasteiger partial charge in [0.1, 0.15) is 6.33 Å². The fraction of sp³-hybridized carbons (Fsp3) is 0.688. The maximum absolute atomic E-state index is 10.9. The molecule has 7 heteroatoms. The van der Waals surface area contributed by atoms with Gasteiger partial charge in [0, 0.05) is 19.6 Å². The highest BCUT2D eigenvalue weighted by Gasteiger charge is 2.34. The zero-order valence-corrected chi connectivity index (χ0v) is 14.4. The van der Waals surface area contributed by atoms with E-state index in [-0.39, 0.29) is 0 Å². The third-order valence-electron chi connectivity index (χ3n) is 4.37. The number of aliphatic hydroxyl groups is 1. The lowest BCUT2D eigenvalue weighted by Gasteiger charge is -2.41. The first-order valence-electron chi connectivity index (χ1n) is 8.21. The summed E-state index contributed by atoms with van der Waals surface area (Å²) in [6.45, 7) is 6.44. The molecule has 0 radical (unpaired) electrons. The Hall–Kier alpha value is -1.73.